The van der Waals surface area contributed by atoms with Gasteiger partial charge in [0.1, 0.15) is 0 Å². The number of nitrogens with zero attached hydrogens (tertiary/aromatic N) is 1. The molecule has 0 fully saturated rings. The topological polar surface area (TPSA) is 25.2 Å². The van der Waals surface area contributed by atoms with Gasteiger partial charge in [0.15, 0.2) is 0 Å². The van der Waals surface area contributed by atoms with Crippen LogP contribution in [0.1, 0.15) is 35.9 Å². The van der Waals surface area contributed by atoms with Gasteiger partial charge in [0.25, 0.3) is 0 Å². The van der Waals surface area contributed by atoms with E-state index in [-0.39, 0.29) is 6.10 Å². The van der Waals surface area contributed by atoms with Gasteiger partial charge in [0.2, 0.25) is 0 Å². The van der Waals surface area contributed by atoms with Gasteiger partial charge in [0, 0.05) is 27.7 Å². The van der Waals surface area contributed by atoms with Crippen LogP contribution >= 0.6 is 11.6 Å². The van der Waals surface area contributed by atoms with Crippen molar-refractivity contribution < 1.29 is 5.11 Å². The fourth-order valence-electron chi connectivity index (χ4n) is 2.85. The lowest BCUT2D eigenvalue weighted by molar-refractivity contribution is 0.156. The third-order valence-electron chi connectivity index (χ3n) is 3.64. The molecule has 0 saturated carbocycles. The highest BCUT2D eigenvalue weighted by Crippen LogP contribution is 2.34. The highest BCUT2D eigenvalue weighted by molar-refractivity contribution is 6.30. The summed E-state index contributed by atoms with van der Waals surface area (Å²) in [6, 6.07) is 9.96. The van der Waals surface area contributed by atoms with Crippen molar-refractivity contribution in [2.24, 2.45) is 0 Å². The first-order chi connectivity index (χ1) is 8.66. The molecule has 0 radical (unpaired) electrons. The third-order valence-corrected chi connectivity index (χ3v) is 3.87. The molecule has 1 aliphatic rings. The number of aryl methyl sites for hydroxylation is 1. The first-order valence-electron chi connectivity index (χ1n) is 6.32. The molecule has 0 aliphatic heterocycles. The van der Waals surface area contributed by atoms with E-state index in [1.807, 2.05) is 18.2 Å². The van der Waals surface area contributed by atoms with Crippen LogP contribution in [-0.4, -0.2) is 9.67 Å². The minimum absolute atomic E-state index is 0.312. The van der Waals surface area contributed by atoms with Crippen molar-refractivity contribution in [1.29, 1.82) is 0 Å². The SMILES string of the molecule is Cc1cc2c(n1-c1cccc(Cl)c1)CCCC2O. The minimum Gasteiger partial charge on any atom is -0.388 e. The van der Waals surface area contributed by atoms with Crippen molar-refractivity contribution in [2.75, 3.05) is 0 Å². The lowest BCUT2D eigenvalue weighted by atomic mass is 9.95. The van der Waals surface area contributed by atoms with Gasteiger partial charge in [0.05, 0.1) is 6.10 Å². The minimum atomic E-state index is -0.312. The van der Waals surface area contributed by atoms with Gasteiger partial charge in [-0.3, -0.25) is 0 Å². The summed E-state index contributed by atoms with van der Waals surface area (Å²) in [4.78, 5) is 0. The lowest BCUT2D eigenvalue weighted by Crippen LogP contribution is -2.11. The Morgan fingerprint density at radius 3 is 2.94 bits per heavy atom. The monoisotopic (exact) mass is 261 g/mol. The van der Waals surface area contributed by atoms with Crippen LogP contribution in [-0.2, 0) is 6.42 Å². The largest absolute Gasteiger partial charge is 0.388 e. The van der Waals surface area contributed by atoms with Crippen LogP contribution < -0.4 is 0 Å². The molecule has 0 bridgehead atoms. The Labute approximate surface area is 112 Å². The number of aliphatic hydroxyl groups excluding tert-OH is 1. The van der Waals surface area contributed by atoms with Crippen molar-refractivity contribution in [1.82, 2.24) is 4.57 Å². The summed E-state index contributed by atoms with van der Waals surface area (Å²) >= 11 is 6.06. The summed E-state index contributed by atoms with van der Waals surface area (Å²) in [5, 5.41) is 10.8. The van der Waals surface area contributed by atoms with E-state index in [0.717, 1.165) is 41.2 Å². The van der Waals surface area contributed by atoms with Crippen LogP contribution in [0.5, 0.6) is 0 Å². The smallest absolute Gasteiger partial charge is 0.0807 e. The molecule has 0 saturated heterocycles. The summed E-state index contributed by atoms with van der Waals surface area (Å²) < 4.78 is 2.21. The maximum Gasteiger partial charge on any atom is 0.0807 e. The highest BCUT2D eigenvalue weighted by Gasteiger charge is 2.23. The van der Waals surface area contributed by atoms with Crippen LogP contribution in [0, 0.1) is 6.92 Å². The average molecular weight is 262 g/mol. The molecule has 0 spiro atoms. The second kappa shape index (κ2) is 4.45. The second-order valence-corrected chi connectivity index (χ2v) is 5.35. The standard InChI is InChI=1S/C15H16ClNO/c1-10-8-13-14(6-3-7-15(13)18)17(10)12-5-2-4-11(16)9-12/h2,4-5,8-9,15,18H,3,6-7H2,1H3. The molecule has 3 heteroatoms. The molecule has 1 unspecified atom stereocenters. The van der Waals surface area contributed by atoms with Crippen molar-refractivity contribution in [3.8, 4) is 5.69 Å². The molecule has 18 heavy (non-hydrogen) atoms. The van der Waals surface area contributed by atoms with Gasteiger partial charge < -0.3 is 9.67 Å². The number of rotatable bonds is 1. The molecular formula is C15H16ClNO. The molecule has 1 aromatic heterocycles. The van der Waals surface area contributed by atoms with Crippen molar-refractivity contribution in [3.63, 3.8) is 0 Å². The number of benzene rings is 1. The van der Waals surface area contributed by atoms with Crippen molar-refractivity contribution in [3.05, 3.63) is 52.3 Å². The van der Waals surface area contributed by atoms with Crippen LogP contribution in [0.3, 0.4) is 0 Å². The zero-order chi connectivity index (χ0) is 12.7. The fourth-order valence-corrected chi connectivity index (χ4v) is 3.04. The first kappa shape index (κ1) is 11.8. The molecule has 1 atom stereocenters. The molecule has 3 rings (SSSR count). The van der Waals surface area contributed by atoms with E-state index in [1.54, 1.807) is 0 Å². The maximum absolute atomic E-state index is 10.1. The lowest BCUT2D eigenvalue weighted by Gasteiger charge is -2.20. The predicted molar refractivity (Wildman–Crippen MR) is 73.4 cm³/mol. The van der Waals surface area contributed by atoms with E-state index in [4.69, 9.17) is 11.6 Å². The molecule has 1 aliphatic carbocycles. The Kier molecular flexibility index (Phi) is 2.92. The Balaban J connectivity index is 2.18. The van der Waals surface area contributed by atoms with E-state index >= 15 is 0 Å². The second-order valence-electron chi connectivity index (χ2n) is 4.91. The molecule has 1 N–H and O–H groups in total. The van der Waals surface area contributed by atoms with Crippen molar-refractivity contribution in [2.45, 2.75) is 32.3 Å². The predicted octanol–water partition coefficient (Wildman–Crippen LogP) is 3.81. The van der Waals surface area contributed by atoms with Gasteiger partial charge in [-0.1, -0.05) is 17.7 Å². The third kappa shape index (κ3) is 1.86. The molecular weight excluding hydrogens is 246 g/mol. The summed E-state index contributed by atoms with van der Waals surface area (Å²) in [7, 11) is 0. The average Bonchev–Trinajstić information content (AvgIpc) is 2.67. The molecule has 2 nitrogen and oxygen atoms in total. The molecule has 2 aromatic rings. The Bertz CT molecular complexity index is 588. The van der Waals surface area contributed by atoms with E-state index < -0.39 is 0 Å². The van der Waals surface area contributed by atoms with Crippen LogP contribution in [0.15, 0.2) is 30.3 Å². The van der Waals surface area contributed by atoms with Crippen LogP contribution in [0.2, 0.25) is 5.02 Å². The number of hydrogen-bond donors (Lipinski definition) is 1. The van der Waals surface area contributed by atoms with E-state index in [2.05, 4.69) is 23.6 Å². The van der Waals surface area contributed by atoms with Gasteiger partial charge in [-0.25, -0.2) is 0 Å². The molecule has 1 heterocycles. The van der Waals surface area contributed by atoms with E-state index in [1.165, 1.54) is 5.69 Å². The summed E-state index contributed by atoms with van der Waals surface area (Å²) in [6.07, 6.45) is 2.62. The summed E-state index contributed by atoms with van der Waals surface area (Å²) in [6.45, 7) is 2.08. The molecule has 94 valence electrons. The first-order valence-corrected chi connectivity index (χ1v) is 6.70. The Morgan fingerprint density at radius 2 is 2.17 bits per heavy atom. The van der Waals surface area contributed by atoms with E-state index in [9.17, 15) is 5.11 Å². The number of hydrogen-bond acceptors (Lipinski definition) is 1. The number of aromatic nitrogens is 1. The maximum atomic E-state index is 10.1. The van der Waals surface area contributed by atoms with E-state index in [0.29, 0.717) is 0 Å². The Morgan fingerprint density at radius 1 is 1.33 bits per heavy atom. The van der Waals surface area contributed by atoms with Gasteiger partial charge in [-0.05, 0) is 50.5 Å². The van der Waals surface area contributed by atoms with Crippen molar-refractivity contribution >= 4 is 11.6 Å². The fraction of sp³-hybridized carbons (Fsp3) is 0.333. The number of aliphatic hydroxyl groups is 1. The molecule has 0 amide bonds. The van der Waals surface area contributed by atoms with Crippen LogP contribution in [0.25, 0.3) is 5.69 Å². The zero-order valence-corrected chi connectivity index (χ0v) is 11.1. The van der Waals surface area contributed by atoms with Gasteiger partial charge in [-0.15, -0.1) is 0 Å². The summed E-state index contributed by atoms with van der Waals surface area (Å²) in [5.74, 6) is 0. The normalized spacial score (nSPS) is 18.7. The quantitative estimate of drug-likeness (QED) is 0.830. The zero-order valence-electron chi connectivity index (χ0n) is 10.4. The number of halogens is 1. The highest BCUT2D eigenvalue weighted by atomic mass is 35.5. The van der Waals surface area contributed by atoms with Crippen LogP contribution in [0.4, 0.5) is 0 Å². The molecule has 1 aromatic carbocycles. The Hall–Kier alpha value is -1.25. The van der Waals surface area contributed by atoms with Gasteiger partial charge in [-0.2, -0.15) is 0 Å². The number of fused-ring (bicyclic) bond motifs is 1. The van der Waals surface area contributed by atoms with Gasteiger partial charge >= 0.3 is 0 Å². The summed E-state index contributed by atoms with van der Waals surface area (Å²) in [5.41, 5.74) is 4.55.